The Morgan fingerprint density at radius 2 is 2.14 bits per heavy atom. The van der Waals surface area contributed by atoms with Crippen LogP contribution in [-0.2, 0) is 6.42 Å². The number of halogens is 1. The van der Waals surface area contributed by atoms with Crippen LogP contribution in [-0.4, -0.2) is 11.7 Å². The monoisotopic (exact) mass is 194 g/mol. The second-order valence-electron chi connectivity index (χ2n) is 3.26. The summed E-state index contributed by atoms with van der Waals surface area (Å²) in [5.74, 6) is -0.184. The van der Waals surface area contributed by atoms with E-state index in [0.29, 0.717) is 0 Å². The molecule has 0 aliphatic heterocycles. The van der Waals surface area contributed by atoms with Crippen LogP contribution < -0.4 is 0 Å². The Morgan fingerprint density at radius 3 is 2.86 bits per heavy atom. The summed E-state index contributed by atoms with van der Waals surface area (Å²) < 4.78 is 12.9. The fraction of sp³-hybridized carbons (Fsp3) is 0.333. The van der Waals surface area contributed by atoms with E-state index in [1.807, 2.05) is 13.0 Å². The quantitative estimate of drug-likeness (QED) is 0.730. The first kappa shape index (κ1) is 10.9. The van der Waals surface area contributed by atoms with Gasteiger partial charge in [0, 0.05) is 0 Å². The molecule has 1 N–H and O–H groups in total. The second-order valence-corrected chi connectivity index (χ2v) is 3.26. The molecule has 0 aliphatic rings. The van der Waals surface area contributed by atoms with E-state index in [4.69, 9.17) is 5.11 Å². The van der Waals surface area contributed by atoms with Crippen LogP contribution in [0.2, 0.25) is 0 Å². The molecule has 0 radical (unpaired) electrons. The van der Waals surface area contributed by atoms with E-state index in [2.05, 4.69) is 0 Å². The number of benzene rings is 1. The molecule has 1 rings (SSSR count). The summed E-state index contributed by atoms with van der Waals surface area (Å²) in [5.41, 5.74) is 2.15. The number of aliphatic hydroxyl groups is 1. The summed E-state index contributed by atoms with van der Waals surface area (Å²) in [6.07, 6.45) is 5.27. The third kappa shape index (κ3) is 3.30. The summed E-state index contributed by atoms with van der Waals surface area (Å²) in [4.78, 5) is 0. The van der Waals surface area contributed by atoms with E-state index >= 15 is 0 Å². The summed E-state index contributed by atoms with van der Waals surface area (Å²) in [6, 6.07) is 4.84. The van der Waals surface area contributed by atoms with Crippen molar-refractivity contribution in [1.29, 1.82) is 0 Å². The Hall–Kier alpha value is -1.15. The zero-order valence-electron chi connectivity index (χ0n) is 8.33. The predicted octanol–water partition coefficient (Wildman–Crippen LogP) is 2.62. The smallest absolute Gasteiger partial charge is 0.123 e. The van der Waals surface area contributed by atoms with Crippen molar-refractivity contribution >= 4 is 0 Å². The number of aryl methyl sites for hydroxylation is 2. The van der Waals surface area contributed by atoms with Crippen LogP contribution in [0.4, 0.5) is 4.39 Å². The van der Waals surface area contributed by atoms with Gasteiger partial charge in [-0.25, -0.2) is 4.39 Å². The van der Waals surface area contributed by atoms with Gasteiger partial charge in [-0.05, 0) is 43.0 Å². The summed E-state index contributed by atoms with van der Waals surface area (Å²) >= 11 is 0. The highest BCUT2D eigenvalue weighted by atomic mass is 19.1. The Bertz CT molecular complexity index is 318. The normalized spacial score (nSPS) is 11.1. The Kier molecular flexibility index (Phi) is 4.33. The minimum Gasteiger partial charge on any atom is -0.392 e. The van der Waals surface area contributed by atoms with Gasteiger partial charge in [0.2, 0.25) is 0 Å². The average molecular weight is 194 g/mol. The van der Waals surface area contributed by atoms with Crippen LogP contribution in [0.5, 0.6) is 0 Å². The molecule has 0 unspecified atom stereocenters. The Morgan fingerprint density at radius 1 is 1.36 bits per heavy atom. The highest BCUT2D eigenvalue weighted by molar-refractivity contribution is 5.26. The molecule has 0 saturated heterocycles. The number of rotatable bonds is 4. The van der Waals surface area contributed by atoms with Crippen molar-refractivity contribution in [3.05, 3.63) is 47.3 Å². The van der Waals surface area contributed by atoms with Crippen LogP contribution in [0.25, 0.3) is 0 Å². The molecule has 1 aromatic carbocycles. The molecular weight excluding hydrogens is 179 g/mol. The molecule has 76 valence electrons. The van der Waals surface area contributed by atoms with E-state index < -0.39 is 0 Å². The molecule has 0 bridgehead atoms. The van der Waals surface area contributed by atoms with Gasteiger partial charge in [-0.1, -0.05) is 18.2 Å². The molecule has 0 fully saturated rings. The minimum absolute atomic E-state index is 0.0716. The molecule has 14 heavy (non-hydrogen) atoms. The lowest BCUT2D eigenvalue weighted by Crippen LogP contribution is -1.90. The summed E-state index contributed by atoms with van der Waals surface area (Å²) in [6.45, 7) is 2.05. The van der Waals surface area contributed by atoms with Gasteiger partial charge in [-0.3, -0.25) is 0 Å². The van der Waals surface area contributed by atoms with Gasteiger partial charge < -0.3 is 5.11 Å². The van der Waals surface area contributed by atoms with Gasteiger partial charge in [-0.15, -0.1) is 0 Å². The van der Waals surface area contributed by atoms with Gasteiger partial charge in [-0.2, -0.15) is 0 Å². The van der Waals surface area contributed by atoms with Crippen LogP contribution >= 0.6 is 0 Å². The zero-order chi connectivity index (χ0) is 10.4. The minimum atomic E-state index is -0.184. The standard InChI is InChI=1S/C12H15FO/c1-10-6-7-12(13)9-11(10)5-3-2-4-8-14/h2,4,6-7,9,14H,3,5,8H2,1H3/b4-2-. The molecular formula is C12H15FO. The van der Waals surface area contributed by atoms with E-state index in [-0.39, 0.29) is 12.4 Å². The van der Waals surface area contributed by atoms with Crippen LogP contribution in [0.1, 0.15) is 17.5 Å². The molecule has 0 aliphatic carbocycles. The Balaban J connectivity index is 2.57. The van der Waals surface area contributed by atoms with Crippen molar-refractivity contribution in [2.24, 2.45) is 0 Å². The van der Waals surface area contributed by atoms with Gasteiger partial charge in [0.05, 0.1) is 6.61 Å². The highest BCUT2D eigenvalue weighted by Gasteiger charge is 1.98. The lowest BCUT2D eigenvalue weighted by Gasteiger charge is -2.03. The molecule has 0 heterocycles. The van der Waals surface area contributed by atoms with Crippen molar-refractivity contribution in [3.63, 3.8) is 0 Å². The molecule has 1 aromatic rings. The number of hydrogen-bond acceptors (Lipinski definition) is 1. The van der Waals surface area contributed by atoms with Gasteiger partial charge in [0.1, 0.15) is 5.82 Å². The van der Waals surface area contributed by atoms with Gasteiger partial charge >= 0.3 is 0 Å². The molecule has 0 aromatic heterocycles. The van der Waals surface area contributed by atoms with Crippen molar-refractivity contribution < 1.29 is 9.50 Å². The lowest BCUT2D eigenvalue weighted by atomic mass is 10.0. The van der Waals surface area contributed by atoms with Crippen LogP contribution in [0.15, 0.2) is 30.4 Å². The van der Waals surface area contributed by atoms with Crippen LogP contribution in [0.3, 0.4) is 0 Å². The van der Waals surface area contributed by atoms with Crippen molar-refractivity contribution in [3.8, 4) is 0 Å². The van der Waals surface area contributed by atoms with Gasteiger partial charge in [0.25, 0.3) is 0 Å². The maximum atomic E-state index is 12.9. The fourth-order valence-corrected chi connectivity index (χ4v) is 1.34. The molecule has 0 spiro atoms. The van der Waals surface area contributed by atoms with E-state index in [1.54, 1.807) is 18.2 Å². The number of aliphatic hydroxyl groups excluding tert-OH is 1. The highest BCUT2D eigenvalue weighted by Crippen LogP contribution is 2.12. The van der Waals surface area contributed by atoms with Gasteiger partial charge in [0.15, 0.2) is 0 Å². The largest absolute Gasteiger partial charge is 0.392 e. The van der Waals surface area contributed by atoms with Crippen molar-refractivity contribution in [2.45, 2.75) is 19.8 Å². The molecule has 0 saturated carbocycles. The van der Waals surface area contributed by atoms with E-state index in [9.17, 15) is 4.39 Å². The zero-order valence-corrected chi connectivity index (χ0v) is 8.33. The molecule has 0 atom stereocenters. The predicted molar refractivity (Wildman–Crippen MR) is 55.7 cm³/mol. The summed E-state index contributed by atoms with van der Waals surface area (Å²) in [5, 5.41) is 8.52. The van der Waals surface area contributed by atoms with Crippen molar-refractivity contribution in [1.82, 2.24) is 0 Å². The number of allylic oxidation sites excluding steroid dienone is 1. The summed E-state index contributed by atoms with van der Waals surface area (Å²) in [7, 11) is 0. The van der Waals surface area contributed by atoms with Crippen LogP contribution in [0, 0.1) is 12.7 Å². The first-order valence-electron chi connectivity index (χ1n) is 4.75. The third-order valence-corrected chi connectivity index (χ3v) is 2.16. The van der Waals surface area contributed by atoms with E-state index in [1.165, 1.54) is 6.07 Å². The second kappa shape index (κ2) is 5.55. The lowest BCUT2D eigenvalue weighted by molar-refractivity contribution is 0.342. The topological polar surface area (TPSA) is 20.2 Å². The fourth-order valence-electron chi connectivity index (χ4n) is 1.34. The van der Waals surface area contributed by atoms with Crippen molar-refractivity contribution in [2.75, 3.05) is 6.61 Å². The number of hydrogen-bond donors (Lipinski definition) is 1. The van der Waals surface area contributed by atoms with E-state index in [0.717, 1.165) is 24.0 Å². The third-order valence-electron chi connectivity index (χ3n) is 2.16. The first-order valence-corrected chi connectivity index (χ1v) is 4.75. The average Bonchev–Trinajstić information content (AvgIpc) is 2.18. The first-order chi connectivity index (χ1) is 6.74. The maximum absolute atomic E-state index is 12.9. The maximum Gasteiger partial charge on any atom is 0.123 e. The SMILES string of the molecule is Cc1ccc(F)cc1CC/C=C\CO. The Labute approximate surface area is 83.9 Å². The molecule has 2 heteroatoms. The molecule has 1 nitrogen and oxygen atoms in total. The molecule has 0 amide bonds.